The molecule has 0 aliphatic heterocycles. The first-order valence-corrected chi connectivity index (χ1v) is 6.84. The number of carbonyl (C=O) groups is 1. The van der Waals surface area contributed by atoms with Gasteiger partial charge in [0.2, 0.25) is 0 Å². The lowest BCUT2D eigenvalue weighted by Crippen LogP contribution is -2.23. The molecule has 0 saturated heterocycles. The van der Waals surface area contributed by atoms with Crippen LogP contribution in [-0.2, 0) is 6.54 Å². The summed E-state index contributed by atoms with van der Waals surface area (Å²) >= 11 is 0. The molecule has 0 radical (unpaired) electrons. The minimum absolute atomic E-state index is 0.153. The maximum atomic E-state index is 12.2. The van der Waals surface area contributed by atoms with Gasteiger partial charge in [0.15, 0.2) is 0 Å². The molecule has 4 nitrogen and oxygen atoms in total. The Morgan fingerprint density at radius 2 is 1.90 bits per heavy atom. The van der Waals surface area contributed by atoms with Crippen LogP contribution in [-0.4, -0.2) is 11.1 Å². The van der Waals surface area contributed by atoms with Crippen LogP contribution in [0.4, 0.5) is 0 Å². The molecule has 3 rings (SSSR count). The molecule has 0 aliphatic carbocycles. The van der Waals surface area contributed by atoms with Gasteiger partial charge in [0, 0.05) is 6.54 Å². The fourth-order valence-electron chi connectivity index (χ4n) is 2.43. The van der Waals surface area contributed by atoms with Gasteiger partial charge in [-0.2, -0.15) is 0 Å². The van der Waals surface area contributed by atoms with Crippen molar-refractivity contribution in [1.29, 1.82) is 0 Å². The van der Waals surface area contributed by atoms with Gasteiger partial charge < -0.3 is 9.84 Å². The van der Waals surface area contributed by atoms with E-state index in [2.05, 4.69) is 34.7 Å². The largest absolute Gasteiger partial charge is 0.361 e. The van der Waals surface area contributed by atoms with Crippen LogP contribution in [0.25, 0.3) is 10.8 Å². The van der Waals surface area contributed by atoms with Gasteiger partial charge >= 0.3 is 0 Å². The summed E-state index contributed by atoms with van der Waals surface area (Å²) < 4.78 is 5.02. The summed E-state index contributed by atoms with van der Waals surface area (Å²) in [5, 5.41) is 9.07. The number of amides is 1. The number of aryl methyl sites for hydroxylation is 2. The fraction of sp³-hybridized carbons (Fsp3) is 0.176. The van der Waals surface area contributed by atoms with Crippen LogP contribution in [0.2, 0.25) is 0 Å². The number of hydrogen-bond donors (Lipinski definition) is 1. The van der Waals surface area contributed by atoms with Crippen molar-refractivity contribution in [2.75, 3.05) is 0 Å². The quantitative estimate of drug-likeness (QED) is 0.800. The van der Waals surface area contributed by atoms with Gasteiger partial charge in [-0.05, 0) is 36.2 Å². The third-order valence-electron chi connectivity index (χ3n) is 3.53. The maximum Gasteiger partial charge on any atom is 0.257 e. The second kappa shape index (κ2) is 5.40. The molecule has 0 unspecified atom stereocenters. The number of aromatic nitrogens is 1. The molecule has 21 heavy (non-hydrogen) atoms. The molecule has 0 saturated carbocycles. The standard InChI is InChI=1S/C17H16N2O2/c1-11-16(12(2)21-19-11)17(20)18-10-13-7-8-14-5-3-4-6-15(14)9-13/h3-9H,10H2,1-2H3,(H,18,20). The highest BCUT2D eigenvalue weighted by Crippen LogP contribution is 2.16. The van der Waals surface area contributed by atoms with Crippen molar-refractivity contribution in [3.8, 4) is 0 Å². The molecule has 0 aliphatic rings. The van der Waals surface area contributed by atoms with Gasteiger partial charge in [-0.15, -0.1) is 0 Å². The molecule has 3 aromatic rings. The molecule has 4 heteroatoms. The SMILES string of the molecule is Cc1noc(C)c1C(=O)NCc1ccc2ccccc2c1. The summed E-state index contributed by atoms with van der Waals surface area (Å²) in [7, 11) is 0. The van der Waals surface area contributed by atoms with E-state index in [1.165, 1.54) is 10.8 Å². The first kappa shape index (κ1) is 13.4. The van der Waals surface area contributed by atoms with Gasteiger partial charge in [0.1, 0.15) is 11.3 Å². The molecular formula is C17H16N2O2. The average molecular weight is 280 g/mol. The predicted molar refractivity (Wildman–Crippen MR) is 81.1 cm³/mol. The average Bonchev–Trinajstić information content (AvgIpc) is 2.84. The highest BCUT2D eigenvalue weighted by Gasteiger charge is 2.16. The number of hydrogen-bond acceptors (Lipinski definition) is 3. The molecule has 1 aromatic heterocycles. The van der Waals surface area contributed by atoms with Crippen LogP contribution in [0, 0.1) is 13.8 Å². The Morgan fingerprint density at radius 1 is 1.14 bits per heavy atom. The Hall–Kier alpha value is -2.62. The molecule has 1 N–H and O–H groups in total. The second-order valence-corrected chi connectivity index (χ2v) is 5.06. The first-order valence-electron chi connectivity index (χ1n) is 6.84. The van der Waals surface area contributed by atoms with Gasteiger partial charge in [-0.3, -0.25) is 4.79 Å². The topological polar surface area (TPSA) is 55.1 Å². The third kappa shape index (κ3) is 2.65. The van der Waals surface area contributed by atoms with Gasteiger partial charge in [-0.1, -0.05) is 41.6 Å². The smallest absolute Gasteiger partial charge is 0.257 e. The summed E-state index contributed by atoms with van der Waals surface area (Å²) in [6.07, 6.45) is 0. The Balaban J connectivity index is 1.76. The van der Waals surface area contributed by atoms with Gasteiger partial charge in [-0.25, -0.2) is 0 Å². The van der Waals surface area contributed by atoms with E-state index in [-0.39, 0.29) is 5.91 Å². The normalized spacial score (nSPS) is 10.8. The third-order valence-corrected chi connectivity index (χ3v) is 3.53. The Kier molecular flexibility index (Phi) is 3.44. The number of rotatable bonds is 3. The summed E-state index contributed by atoms with van der Waals surface area (Å²) in [5.41, 5.74) is 2.20. The van der Waals surface area contributed by atoms with Crippen LogP contribution in [0.15, 0.2) is 47.0 Å². The van der Waals surface area contributed by atoms with Crippen LogP contribution in [0.1, 0.15) is 27.4 Å². The number of nitrogens with one attached hydrogen (secondary N) is 1. The fourth-order valence-corrected chi connectivity index (χ4v) is 2.43. The van der Waals surface area contributed by atoms with Crippen LogP contribution < -0.4 is 5.32 Å². The zero-order valence-electron chi connectivity index (χ0n) is 12.0. The van der Waals surface area contributed by atoms with Crippen molar-refractivity contribution in [2.24, 2.45) is 0 Å². The van der Waals surface area contributed by atoms with Crippen molar-refractivity contribution < 1.29 is 9.32 Å². The molecule has 0 spiro atoms. The van der Waals surface area contributed by atoms with Crippen molar-refractivity contribution in [1.82, 2.24) is 10.5 Å². The Bertz CT molecular complexity index is 786. The number of carbonyl (C=O) groups excluding carboxylic acids is 1. The minimum Gasteiger partial charge on any atom is -0.361 e. The molecule has 2 aromatic carbocycles. The summed E-state index contributed by atoms with van der Waals surface area (Å²) in [6.45, 7) is 3.99. The van der Waals surface area contributed by atoms with E-state index in [9.17, 15) is 4.79 Å². The van der Waals surface area contributed by atoms with Crippen LogP contribution in [0.5, 0.6) is 0 Å². The molecule has 1 amide bonds. The van der Waals surface area contributed by atoms with Crippen molar-refractivity contribution in [3.63, 3.8) is 0 Å². The van der Waals surface area contributed by atoms with E-state index in [0.29, 0.717) is 23.6 Å². The Morgan fingerprint density at radius 3 is 2.62 bits per heavy atom. The van der Waals surface area contributed by atoms with Crippen LogP contribution in [0.3, 0.4) is 0 Å². The molecule has 1 heterocycles. The highest BCUT2D eigenvalue weighted by atomic mass is 16.5. The molecule has 0 atom stereocenters. The van der Waals surface area contributed by atoms with E-state index in [0.717, 1.165) is 5.56 Å². The van der Waals surface area contributed by atoms with E-state index in [4.69, 9.17) is 4.52 Å². The lowest BCUT2D eigenvalue weighted by atomic mass is 10.1. The predicted octanol–water partition coefficient (Wildman–Crippen LogP) is 3.37. The monoisotopic (exact) mass is 280 g/mol. The minimum atomic E-state index is -0.153. The Labute approximate surface area is 122 Å². The van der Waals surface area contributed by atoms with Gasteiger partial charge in [0.05, 0.1) is 5.69 Å². The molecule has 106 valence electrons. The first-order chi connectivity index (χ1) is 10.1. The van der Waals surface area contributed by atoms with Crippen molar-refractivity contribution in [2.45, 2.75) is 20.4 Å². The number of benzene rings is 2. The lowest BCUT2D eigenvalue weighted by molar-refractivity contribution is 0.0949. The highest BCUT2D eigenvalue weighted by molar-refractivity contribution is 5.96. The lowest BCUT2D eigenvalue weighted by Gasteiger charge is -2.06. The summed E-state index contributed by atoms with van der Waals surface area (Å²) in [6, 6.07) is 14.3. The van der Waals surface area contributed by atoms with E-state index in [1.54, 1.807) is 13.8 Å². The molecule has 0 bridgehead atoms. The molecular weight excluding hydrogens is 264 g/mol. The van der Waals surface area contributed by atoms with E-state index >= 15 is 0 Å². The number of nitrogens with zero attached hydrogens (tertiary/aromatic N) is 1. The van der Waals surface area contributed by atoms with E-state index in [1.807, 2.05) is 18.2 Å². The maximum absolute atomic E-state index is 12.2. The molecule has 0 fully saturated rings. The second-order valence-electron chi connectivity index (χ2n) is 5.06. The van der Waals surface area contributed by atoms with E-state index < -0.39 is 0 Å². The van der Waals surface area contributed by atoms with Crippen LogP contribution >= 0.6 is 0 Å². The number of fused-ring (bicyclic) bond motifs is 1. The van der Waals surface area contributed by atoms with Gasteiger partial charge in [0.25, 0.3) is 5.91 Å². The van der Waals surface area contributed by atoms with Crippen molar-refractivity contribution in [3.05, 3.63) is 65.0 Å². The van der Waals surface area contributed by atoms with Crippen molar-refractivity contribution >= 4 is 16.7 Å². The zero-order chi connectivity index (χ0) is 14.8. The summed E-state index contributed by atoms with van der Waals surface area (Å²) in [5.74, 6) is 0.392. The zero-order valence-corrected chi connectivity index (χ0v) is 12.0. The summed E-state index contributed by atoms with van der Waals surface area (Å²) in [4.78, 5) is 12.2.